The molecule has 0 aromatic heterocycles. The van der Waals surface area contributed by atoms with Crippen LogP contribution in [-0.4, -0.2) is 50.3 Å². The van der Waals surface area contributed by atoms with Crippen molar-refractivity contribution in [2.24, 2.45) is 0 Å². The SMILES string of the molecule is Cc1c(NC(=O)OC(C)(C)C)ccc(NC(=O)N(C)Cc2ccccc2)c1C(=O)OCC[Si](C)(C)C. The van der Waals surface area contributed by atoms with Gasteiger partial charge in [-0.25, -0.2) is 14.4 Å². The number of hydrogen-bond acceptors (Lipinski definition) is 5. The molecule has 8 nitrogen and oxygen atoms in total. The van der Waals surface area contributed by atoms with Gasteiger partial charge >= 0.3 is 18.1 Å². The lowest BCUT2D eigenvalue weighted by Gasteiger charge is -2.23. The topological polar surface area (TPSA) is 97.0 Å². The molecule has 36 heavy (non-hydrogen) atoms. The summed E-state index contributed by atoms with van der Waals surface area (Å²) in [6.45, 7) is 14.3. The first-order valence-corrected chi connectivity index (χ1v) is 15.7. The molecule has 0 heterocycles. The molecule has 0 aliphatic carbocycles. The number of esters is 1. The molecule has 2 aromatic rings. The first kappa shape index (κ1) is 28.9. The zero-order valence-electron chi connectivity index (χ0n) is 22.7. The molecule has 3 amide bonds. The Kier molecular flexibility index (Phi) is 9.69. The third-order valence-electron chi connectivity index (χ3n) is 5.24. The molecule has 0 aliphatic heterocycles. The number of hydrogen-bond donors (Lipinski definition) is 2. The van der Waals surface area contributed by atoms with Gasteiger partial charge in [-0.15, -0.1) is 0 Å². The van der Waals surface area contributed by atoms with Crippen molar-refractivity contribution in [3.63, 3.8) is 0 Å². The van der Waals surface area contributed by atoms with Crippen molar-refractivity contribution < 1.29 is 23.9 Å². The molecule has 2 rings (SSSR count). The second-order valence-electron chi connectivity index (χ2n) is 11.0. The Hall–Kier alpha value is -3.33. The van der Waals surface area contributed by atoms with Gasteiger partial charge in [0, 0.05) is 27.4 Å². The van der Waals surface area contributed by atoms with E-state index in [9.17, 15) is 14.4 Å². The van der Waals surface area contributed by atoms with E-state index in [0.29, 0.717) is 30.1 Å². The second-order valence-corrected chi connectivity index (χ2v) is 16.6. The zero-order valence-corrected chi connectivity index (χ0v) is 23.7. The van der Waals surface area contributed by atoms with E-state index < -0.39 is 25.7 Å². The minimum atomic E-state index is -1.41. The maximum absolute atomic E-state index is 13.2. The van der Waals surface area contributed by atoms with Crippen LogP contribution in [0.25, 0.3) is 0 Å². The van der Waals surface area contributed by atoms with E-state index in [1.165, 1.54) is 4.90 Å². The zero-order chi connectivity index (χ0) is 27.1. The normalized spacial score (nSPS) is 11.4. The lowest BCUT2D eigenvalue weighted by Crippen LogP contribution is -2.32. The number of benzene rings is 2. The van der Waals surface area contributed by atoms with Crippen LogP contribution in [0.5, 0.6) is 0 Å². The number of nitrogens with one attached hydrogen (secondary N) is 2. The summed E-state index contributed by atoms with van der Waals surface area (Å²) in [7, 11) is 0.267. The Morgan fingerprint density at radius 1 is 0.944 bits per heavy atom. The highest BCUT2D eigenvalue weighted by Crippen LogP contribution is 2.29. The number of urea groups is 1. The van der Waals surface area contributed by atoms with Crippen molar-refractivity contribution in [3.8, 4) is 0 Å². The second kappa shape index (κ2) is 12.1. The van der Waals surface area contributed by atoms with Crippen molar-refractivity contribution in [3.05, 3.63) is 59.2 Å². The molecule has 0 aliphatic rings. The van der Waals surface area contributed by atoms with Gasteiger partial charge < -0.3 is 19.7 Å². The van der Waals surface area contributed by atoms with Crippen LogP contribution in [0.4, 0.5) is 21.0 Å². The van der Waals surface area contributed by atoms with E-state index in [0.717, 1.165) is 11.6 Å². The fraction of sp³-hybridized carbons (Fsp3) is 0.444. The fourth-order valence-corrected chi connectivity index (χ4v) is 4.00. The standard InChI is InChI=1S/C27H39N3O5Si/c1-19-21(29-26(33)35-27(2,3)4)14-15-22(23(19)24(31)34-16-17-36(6,7)8)28-25(32)30(5)18-20-12-10-9-11-13-20/h9-15H,16-18H2,1-8H3,(H,28,32)(H,29,33). The quantitative estimate of drug-likeness (QED) is 0.310. The van der Waals surface area contributed by atoms with Crippen LogP contribution < -0.4 is 10.6 Å². The summed E-state index contributed by atoms with van der Waals surface area (Å²) < 4.78 is 10.9. The average molecular weight is 514 g/mol. The minimum Gasteiger partial charge on any atom is -0.462 e. The van der Waals surface area contributed by atoms with Crippen LogP contribution in [0.2, 0.25) is 25.7 Å². The lowest BCUT2D eigenvalue weighted by atomic mass is 10.0. The first-order valence-electron chi connectivity index (χ1n) is 12.0. The first-order chi connectivity index (χ1) is 16.7. The molecule has 0 atom stereocenters. The van der Waals surface area contributed by atoms with Gasteiger partial charge in [0.25, 0.3) is 0 Å². The molecule has 0 spiro atoms. The van der Waals surface area contributed by atoms with Gasteiger partial charge in [0.2, 0.25) is 0 Å². The lowest BCUT2D eigenvalue weighted by molar-refractivity contribution is 0.0524. The fourth-order valence-electron chi connectivity index (χ4n) is 3.29. The summed E-state index contributed by atoms with van der Waals surface area (Å²) in [4.78, 5) is 40.0. The number of amides is 3. The summed E-state index contributed by atoms with van der Waals surface area (Å²) in [5, 5.41) is 5.52. The maximum Gasteiger partial charge on any atom is 0.412 e. The van der Waals surface area contributed by atoms with Gasteiger partial charge in [-0.3, -0.25) is 5.32 Å². The monoisotopic (exact) mass is 513 g/mol. The number of ether oxygens (including phenoxy) is 2. The van der Waals surface area contributed by atoms with Gasteiger partial charge in [0.15, 0.2) is 0 Å². The Morgan fingerprint density at radius 2 is 1.56 bits per heavy atom. The van der Waals surface area contributed by atoms with Gasteiger partial charge in [0.1, 0.15) is 5.60 Å². The van der Waals surface area contributed by atoms with Crippen LogP contribution in [0.15, 0.2) is 42.5 Å². The van der Waals surface area contributed by atoms with Crippen LogP contribution in [0, 0.1) is 6.92 Å². The molecule has 0 fully saturated rings. The smallest absolute Gasteiger partial charge is 0.412 e. The highest BCUT2D eigenvalue weighted by molar-refractivity contribution is 6.76. The van der Waals surface area contributed by atoms with Gasteiger partial charge in [-0.1, -0.05) is 50.0 Å². The van der Waals surface area contributed by atoms with E-state index in [2.05, 4.69) is 30.3 Å². The van der Waals surface area contributed by atoms with Crippen LogP contribution in [0.3, 0.4) is 0 Å². The van der Waals surface area contributed by atoms with Gasteiger partial charge in [0.05, 0.1) is 17.9 Å². The number of carbonyl (C=O) groups excluding carboxylic acids is 3. The van der Waals surface area contributed by atoms with E-state index in [4.69, 9.17) is 9.47 Å². The van der Waals surface area contributed by atoms with Crippen molar-refractivity contribution in [1.29, 1.82) is 0 Å². The maximum atomic E-state index is 13.2. The van der Waals surface area contributed by atoms with Crippen LogP contribution in [-0.2, 0) is 16.0 Å². The Balaban J connectivity index is 2.30. The molecule has 2 aromatic carbocycles. The Bertz CT molecular complexity index is 1080. The molecule has 9 heteroatoms. The average Bonchev–Trinajstić information content (AvgIpc) is 2.74. The third kappa shape index (κ3) is 9.37. The highest BCUT2D eigenvalue weighted by atomic mass is 28.3. The van der Waals surface area contributed by atoms with E-state index in [-0.39, 0.29) is 11.6 Å². The molecule has 196 valence electrons. The molecule has 2 N–H and O–H groups in total. The molecular formula is C27H39N3O5Si. The molecular weight excluding hydrogens is 474 g/mol. The Labute approximate surface area is 215 Å². The molecule has 0 radical (unpaired) electrons. The van der Waals surface area contributed by atoms with E-state index >= 15 is 0 Å². The number of carbonyl (C=O) groups is 3. The third-order valence-corrected chi connectivity index (χ3v) is 6.94. The molecule has 0 saturated carbocycles. The highest BCUT2D eigenvalue weighted by Gasteiger charge is 2.24. The van der Waals surface area contributed by atoms with Crippen LogP contribution >= 0.6 is 0 Å². The van der Waals surface area contributed by atoms with E-state index in [1.54, 1.807) is 46.9 Å². The summed E-state index contributed by atoms with van der Waals surface area (Å²) in [5.41, 5.74) is 1.69. The molecule has 0 unspecified atom stereocenters. The minimum absolute atomic E-state index is 0.195. The predicted octanol–water partition coefficient (Wildman–Crippen LogP) is 6.50. The van der Waals surface area contributed by atoms with E-state index in [1.807, 2.05) is 30.3 Å². The van der Waals surface area contributed by atoms with Crippen LogP contribution in [0.1, 0.15) is 42.3 Å². The summed E-state index contributed by atoms with van der Waals surface area (Å²) in [5.74, 6) is -0.556. The number of nitrogens with zero attached hydrogens (tertiary/aromatic N) is 1. The van der Waals surface area contributed by atoms with Crippen molar-refractivity contribution in [2.75, 3.05) is 24.3 Å². The summed E-state index contributed by atoms with van der Waals surface area (Å²) in [6, 6.07) is 13.3. The van der Waals surface area contributed by atoms with Crippen molar-refractivity contribution in [2.45, 2.75) is 65.5 Å². The van der Waals surface area contributed by atoms with Gasteiger partial charge in [-0.05, 0) is 57.0 Å². The summed E-state index contributed by atoms with van der Waals surface area (Å²) >= 11 is 0. The predicted molar refractivity (Wildman–Crippen MR) is 146 cm³/mol. The summed E-state index contributed by atoms with van der Waals surface area (Å²) in [6.07, 6.45) is -0.636. The number of rotatable bonds is 8. The van der Waals surface area contributed by atoms with Crippen molar-refractivity contribution >= 4 is 37.5 Å². The number of anilines is 2. The van der Waals surface area contributed by atoms with Crippen molar-refractivity contribution in [1.82, 2.24) is 4.90 Å². The molecule has 0 bridgehead atoms. The Morgan fingerprint density at radius 3 is 2.14 bits per heavy atom. The largest absolute Gasteiger partial charge is 0.462 e. The van der Waals surface area contributed by atoms with Gasteiger partial charge in [-0.2, -0.15) is 0 Å². The molecule has 0 saturated heterocycles.